The SMILES string of the molecule is Cc1ccc(-c2ccc(F)c(N)c2)cc1N. The van der Waals surface area contributed by atoms with Gasteiger partial charge < -0.3 is 11.5 Å². The first-order chi connectivity index (χ1) is 7.58. The molecule has 0 aromatic heterocycles. The maximum atomic E-state index is 13.0. The summed E-state index contributed by atoms with van der Waals surface area (Å²) >= 11 is 0. The first-order valence-corrected chi connectivity index (χ1v) is 4.99. The van der Waals surface area contributed by atoms with Crippen molar-refractivity contribution >= 4 is 11.4 Å². The quantitative estimate of drug-likeness (QED) is 0.720. The van der Waals surface area contributed by atoms with Crippen molar-refractivity contribution in [2.75, 3.05) is 11.5 Å². The Morgan fingerprint density at radius 3 is 2.00 bits per heavy atom. The minimum absolute atomic E-state index is 0.150. The van der Waals surface area contributed by atoms with Gasteiger partial charge >= 0.3 is 0 Å². The van der Waals surface area contributed by atoms with Crippen LogP contribution in [0.5, 0.6) is 0 Å². The summed E-state index contributed by atoms with van der Waals surface area (Å²) in [5.41, 5.74) is 15.0. The van der Waals surface area contributed by atoms with Gasteiger partial charge in [-0.1, -0.05) is 18.2 Å². The van der Waals surface area contributed by atoms with E-state index in [1.165, 1.54) is 6.07 Å². The van der Waals surface area contributed by atoms with E-state index in [-0.39, 0.29) is 5.69 Å². The molecule has 2 nitrogen and oxygen atoms in total. The fraction of sp³-hybridized carbons (Fsp3) is 0.0769. The summed E-state index contributed by atoms with van der Waals surface area (Å²) in [4.78, 5) is 0. The zero-order valence-electron chi connectivity index (χ0n) is 9.00. The highest BCUT2D eigenvalue weighted by atomic mass is 19.1. The maximum absolute atomic E-state index is 13.0. The molecule has 0 atom stereocenters. The van der Waals surface area contributed by atoms with Crippen molar-refractivity contribution in [1.29, 1.82) is 0 Å². The number of halogens is 1. The Hall–Kier alpha value is -2.03. The maximum Gasteiger partial charge on any atom is 0.146 e. The molecule has 2 aromatic carbocycles. The van der Waals surface area contributed by atoms with E-state index in [0.29, 0.717) is 0 Å². The number of nitrogens with two attached hydrogens (primary N) is 2. The summed E-state index contributed by atoms with van der Waals surface area (Å²) in [5.74, 6) is -0.399. The van der Waals surface area contributed by atoms with E-state index in [1.807, 2.05) is 25.1 Å². The third kappa shape index (κ3) is 1.84. The number of nitrogen functional groups attached to an aromatic ring is 2. The summed E-state index contributed by atoms with van der Waals surface area (Å²) in [7, 11) is 0. The summed E-state index contributed by atoms with van der Waals surface area (Å²) in [6.45, 7) is 1.94. The Morgan fingerprint density at radius 2 is 1.44 bits per heavy atom. The smallest absolute Gasteiger partial charge is 0.146 e. The third-order valence-electron chi connectivity index (χ3n) is 2.61. The predicted molar refractivity (Wildman–Crippen MR) is 65.4 cm³/mol. The lowest BCUT2D eigenvalue weighted by Crippen LogP contribution is -1.92. The minimum atomic E-state index is -0.399. The second-order valence-electron chi connectivity index (χ2n) is 3.81. The first kappa shape index (κ1) is 10.5. The van der Waals surface area contributed by atoms with Crippen molar-refractivity contribution in [2.24, 2.45) is 0 Å². The van der Waals surface area contributed by atoms with E-state index in [4.69, 9.17) is 11.5 Å². The van der Waals surface area contributed by atoms with Crippen molar-refractivity contribution in [1.82, 2.24) is 0 Å². The number of aryl methyl sites for hydroxylation is 1. The highest BCUT2D eigenvalue weighted by molar-refractivity contribution is 5.71. The minimum Gasteiger partial charge on any atom is -0.398 e. The molecule has 4 N–H and O–H groups in total. The van der Waals surface area contributed by atoms with E-state index in [0.717, 1.165) is 22.4 Å². The number of anilines is 2. The molecule has 0 fully saturated rings. The standard InChI is InChI=1S/C13H13FN2/c1-8-2-3-9(6-12(8)15)10-4-5-11(14)13(16)7-10/h2-7H,15-16H2,1H3. The van der Waals surface area contributed by atoms with Crippen molar-refractivity contribution in [3.63, 3.8) is 0 Å². The Kier molecular flexibility index (Phi) is 2.52. The molecule has 0 saturated heterocycles. The second kappa shape index (κ2) is 3.85. The third-order valence-corrected chi connectivity index (χ3v) is 2.61. The molecule has 0 spiro atoms. The van der Waals surface area contributed by atoms with E-state index >= 15 is 0 Å². The molecule has 82 valence electrons. The molecule has 0 saturated carbocycles. The van der Waals surface area contributed by atoms with Gasteiger partial charge in [0.2, 0.25) is 0 Å². The van der Waals surface area contributed by atoms with E-state index < -0.39 is 5.82 Å². The Morgan fingerprint density at radius 1 is 0.875 bits per heavy atom. The molecule has 2 aromatic rings. The lowest BCUT2D eigenvalue weighted by atomic mass is 10.0. The van der Waals surface area contributed by atoms with Crippen LogP contribution in [0.25, 0.3) is 11.1 Å². The Bertz CT molecular complexity index is 486. The van der Waals surface area contributed by atoms with Gasteiger partial charge in [0.1, 0.15) is 5.82 Å². The molecule has 2 rings (SSSR count). The van der Waals surface area contributed by atoms with Crippen LogP contribution in [0.3, 0.4) is 0 Å². The summed E-state index contributed by atoms with van der Waals surface area (Å²) < 4.78 is 13.0. The highest BCUT2D eigenvalue weighted by Gasteiger charge is 2.03. The Balaban J connectivity index is 2.50. The van der Waals surface area contributed by atoms with Gasteiger partial charge in [0.25, 0.3) is 0 Å². The molecule has 0 bridgehead atoms. The van der Waals surface area contributed by atoms with Crippen LogP contribution in [0.2, 0.25) is 0 Å². The zero-order chi connectivity index (χ0) is 11.7. The summed E-state index contributed by atoms with van der Waals surface area (Å²) in [6, 6.07) is 10.4. The van der Waals surface area contributed by atoms with Gasteiger partial charge in [-0.05, 0) is 41.8 Å². The molecule has 0 aliphatic carbocycles. The molecule has 0 radical (unpaired) electrons. The number of benzene rings is 2. The van der Waals surface area contributed by atoms with Crippen LogP contribution in [0.15, 0.2) is 36.4 Å². The average Bonchev–Trinajstić information content (AvgIpc) is 2.26. The largest absolute Gasteiger partial charge is 0.398 e. The fourth-order valence-electron chi connectivity index (χ4n) is 1.54. The van der Waals surface area contributed by atoms with Gasteiger partial charge in [-0.25, -0.2) is 4.39 Å². The van der Waals surface area contributed by atoms with E-state index in [2.05, 4.69) is 0 Å². The van der Waals surface area contributed by atoms with Gasteiger partial charge in [0.15, 0.2) is 0 Å². The second-order valence-corrected chi connectivity index (χ2v) is 3.81. The molecule has 0 amide bonds. The zero-order valence-corrected chi connectivity index (χ0v) is 9.00. The van der Waals surface area contributed by atoms with Crippen LogP contribution in [0.4, 0.5) is 15.8 Å². The van der Waals surface area contributed by atoms with Gasteiger partial charge in [-0.15, -0.1) is 0 Å². The molecule has 0 aliphatic heterocycles. The van der Waals surface area contributed by atoms with Crippen molar-refractivity contribution in [3.05, 3.63) is 47.8 Å². The van der Waals surface area contributed by atoms with Crippen LogP contribution >= 0.6 is 0 Å². The number of hydrogen-bond donors (Lipinski definition) is 2. The van der Waals surface area contributed by atoms with Gasteiger partial charge in [-0.2, -0.15) is 0 Å². The van der Waals surface area contributed by atoms with Crippen LogP contribution in [-0.4, -0.2) is 0 Å². The van der Waals surface area contributed by atoms with Crippen LogP contribution in [-0.2, 0) is 0 Å². The van der Waals surface area contributed by atoms with Crippen LogP contribution < -0.4 is 11.5 Å². The topological polar surface area (TPSA) is 52.0 Å². The Labute approximate surface area is 93.7 Å². The van der Waals surface area contributed by atoms with Crippen molar-refractivity contribution < 1.29 is 4.39 Å². The number of hydrogen-bond acceptors (Lipinski definition) is 2. The molecular formula is C13H13FN2. The van der Waals surface area contributed by atoms with Crippen molar-refractivity contribution in [3.8, 4) is 11.1 Å². The molecular weight excluding hydrogens is 203 g/mol. The molecule has 3 heteroatoms. The fourth-order valence-corrected chi connectivity index (χ4v) is 1.54. The van der Waals surface area contributed by atoms with Crippen molar-refractivity contribution in [2.45, 2.75) is 6.92 Å². The van der Waals surface area contributed by atoms with Gasteiger partial charge in [0.05, 0.1) is 5.69 Å². The number of rotatable bonds is 1. The van der Waals surface area contributed by atoms with Gasteiger partial charge in [0, 0.05) is 5.69 Å². The normalized spacial score (nSPS) is 10.4. The highest BCUT2D eigenvalue weighted by Crippen LogP contribution is 2.26. The van der Waals surface area contributed by atoms with Gasteiger partial charge in [-0.3, -0.25) is 0 Å². The predicted octanol–water partition coefficient (Wildman–Crippen LogP) is 2.97. The molecule has 0 aliphatic rings. The van der Waals surface area contributed by atoms with Crippen LogP contribution in [0.1, 0.15) is 5.56 Å². The molecule has 16 heavy (non-hydrogen) atoms. The van der Waals surface area contributed by atoms with Crippen LogP contribution in [0, 0.1) is 12.7 Å². The van der Waals surface area contributed by atoms with E-state index in [9.17, 15) is 4.39 Å². The monoisotopic (exact) mass is 216 g/mol. The molecule has 0 unspecified atom stereocenters. The lowest BCUT2D eigenvalue weighted by molar-refractivity contribution is 0.632. The lowest BCUT2D eigenvalue weighted by Gasteiger charge is -2.06. The first-order valence-electron chi connectivity index (χ1n) is 4.99. The summed E-state index contributed by atoms with van der Waals surface area (Å²) in [6.07, 6.45) is 0. The summed E-state index contributed by atoms with van der Waals surface area (Å²) in [5, 5.41) is 0. The average molecular weight is 216 g/mol. The van der Waals surface area contributed by atoms with E-state index in [1.54, 1.807) is 12.1 Å². The molecule has 0 heterocycles.